The molecule has 2 aromatic rings. The zero-order chi connectivity index (χ0) is 20.0. The number of carbonyl (C=O) groups excluding carboxylic acids is 1. The number of hydrazone groups is 1. The van der Waals surface area contributed by atoms with Crippen LogP contribution in [0.5, 0.6) is 5.75 Å². The second kappa shape index (κ2) is 8.83. The van der Waals surface area contributed by atoms with Crippen LogP contribution in [-0.2, 0) is 14.8 Å². The van der Waals surface area contributed by atoms with E-state index in [4.69, 9.17) is 16.3 Å². The first-order chi connectivity index (χ1) is 12.7. The zero-order valence-electron chi connectivity index (χ0n) is 14.5. The first-order valence-electron chi connectivity index (χ1n) is 7.59. The summed E-state index contributed by atoms with van der Waals surface area (Å²) in [6.07, 6.45) is 2.28. The maximum Gasteiger partial charge on any atom is 0.260 e. The van der Waals surface area contributed by atoms with Crippen LogP contribution in [-0.4, -0.2) is 40.4 Å². The minimum atomic E-state index is -3.75. The van der Waals surface area contributed by atoms with Crippen LogP contribution in [0.4, 0.5) is 10.1 Å². The third kappa shape index (κ3) is 5.93. The largest absolute Gasteiger partial charge is 0.495 e. The normalized spacial score (nSPS) is 11.4. The average Bonchev–Trinajstić information content (AvgIpc) is 2.60. The van der Waals surface area contributed by atoms with Gasteiger partial charge in [0, 0.05) is 0 Å². The number of benzene rings is 2. The van der Waals surface area contributed by atoms with Crippen LogP contribution in [0.1, 0.15) is 5.56 Å². The van der Waals surface area contributed by atoms with Crippen LogP contribution >= 0.6 is 11.6 Å². The number of hydrogen-bond acceptors (Lipinski definition) is 5. The number of nitrogens with one attached hydrogen (secondary N) is 1. The van der Waals surface area contributed by atoms with E-state index in [1.807, 2.05) is 0 Å². The van der Waals surface area contributed by atoms with E-state index >= 15 is 0 Å². The minimum absolute atomic E-state index is 0.207. The van der Waals surface area contributed by atoms with Gasteiger partial charge in [-0.2, -0.15) is 5.10 Å². The molecule has 0 aliphatic rings. The molecule has 0 aliphatic heterocycles. The van der Waals surface area contributed by atoms with Crippen molar-refractivity contribution in [3.63, 3.8) is 0 Å². The lowest BCUT2D eigenvalue weighted by Crippen LogP contribution is -2.39. The van der Waals surface area contributed by atoms with Crippen molar-refractivity contribution in [2.75, 3.05) is 24.2 Å². The van der Waals surface area contributed by atoms with Gasteiger partial charge in [0.1, 0.15) is 18.1 Å². The monoisotopic (exact) mass is 413 g/mol. The molecule has 2 rings (SSSR count). The number of sulfonamides is 1. The maximum atomic E-state index is 12.8. The van der Waals surface area contributed by atoms with Gasteiger partial charge in [-0.1, -0.05) is 23.7 Å². The van der Waals surface area contributed by atoms with Crippen molar-refractivity contribution in [1.29, 1.82) is 0 Å². The molecule has 144 valence electrons. The van der Waals surface area contributed by atoms with Crippen molar-refractivity contribution >= 4 is 39.4 Å². The smallest absolute Gasteiger partial charge is 0.260 e. The molecule has 1 N–H and O–H groups in total. The summed E-state index contributed by atoms with van der Waals surface area (Å²) in [7, 11) is -2.32. The summed E-state index contributed by atoms with van der Waals surface area (Å²) < 4.78 is 42.9. The van der Waals surface area contributed by atoms with Crippen molar-refractivity contribution < 1.29 is 22.3 Å². The molecule has 0 spiro atoms. The van der Waals surface area contributed by atoms with Crippen LogP contribution in [0.3, 0.4) is 0 Å². The topological polar surface area (TPSA) is 88.1 Å². The molecule has 10 heteroatoms. The molecular formula is C17H17ClFN3O4S. The van der Waals surface area contributed by atoms with Crippen molar-refractivity contribution in [1.82, 2.24) is 5.43 Å². The highest BCUT2D eigenvalue weighted by molar-refractivity contribution is 7.92. The number of nitrogens with zero attached hydrogens (tertiary/aromatic N) is 2. The van der Waals surface area contributed by atoms with Crippen molar-refractivity contribution in [3.8, 4) is 5.75 Å². The first kappa shape index (κ1) is 20.7. The van der Waals surface area contributed by atoms with Crippen LogP contribution in [0.2, 0.25) is 5.02 Å². The molecule has 2 aromatic carbocycles. The molecule has 0 saturated carbocycles. The number of methoxy groups -OCH3 is 1. The quantitative estimate of drug-likeness (QED) is 0.557. The fraction of sp³-hybridized carbons (Fsp3) is 0.176. The highest BCUT2D eigenvalue weighted by Crippen LogP contribution is 2.30. The lowest BCUT2D eigenvalue weighted by molar-refractivity contribution is -0.119. The molecule has 0 atom stereocenters. The Morgan fingerprint density at radius 3 is 2.52 bits per heavy atom. The molecule has 1 amide bonds. The predicted octanol–water partition coefficient (Wildman–Crippen LogP) is 2.40. The predicted molar refractivity (Wildman–Crippen MR) is 102 cm³/mol. The maximum absolute atomic E-state index is 12.8. The van der Waals surface area contributed by atoms with Gasteiger partial charge in [-0.15, -0.1) is 0 Å². The number of rotatable bonds is 7. The Balaban J connectivity index is 2.10. The molecule has 7 nitrogen and oxygen atoms in total. The third-order valence-corrected chi connectivity index (χ3v) is 4.82. The average molecular weight is 414 g/mol. The van der Waals surface area contributed by atoms with Gasteiger partial charge in [0.2, 0.25) is 10.0 Å². The van der Waals surface area contributed by atoms with E-state index in [0.717, 1.165) is 10.6 Å². The number of amides is 1. The van der Waals surface area contributed by atoms with Gasteiger partial charge in [-0.05, 0) is 35.9 Å². The van der Waals surface area contributed by atoms with Crippen LogP contribution in [0.25, 0.3) is 0 Å². The lowest BCUT2D eigenvalue weighted by Gasteiger charge is -2.21. The van der Waals surface area contributed by atoms with Gasteiger partial charge in [-0.25, -0.2) is 18.2 Å². The van der Waals surface area contributed by atoms with Crippen molar-refractivity contribution in [2.24, 2.45) is 5.10 Å². The Hall–Kier alpha value is -2.65. The van der Waals surface area contributed by atoms with Crippen LogP contribution in [0, 0.1) is 5.82 Å². The van der Waals surface area contributed by atoms with E-state index in [2.05, 4.69) is 10.5 Å². The fourth-order valence-corrected chi connectivity index (χ4v) is 3.20. The number of hydrogen-bond donors (Lipinski definition) is 1. The molecule has 0 radical (unpaired) electrons. The van der Waals surface area contributed by atoms with Gasteiger partial charge in [0.05, 0.1) is 30.3 Å². The van der Waals surface area contributed by atoms with Crippen LogP contribution < -0.4 is 14.5 Å². The lowest BCUT2D eigenvalue weighted by atomic mass is 10.2. The summed E-state index contributed by atoms with van der Waals surface area (Å²) in [6, 6.07) is 9.82. The standard InChI is InChI=1S/C17H17ClFN3O4S/c1-26-16-8-7-14(9-15(16)18)22(27(2,24)25)11-17(23)21-20-10-12-3-5-13(19)6-4-12/h3-10H,11H2,1-2H3,(H,21,23)/b20-10-. The molecule has 0 bridgehead atoms. The summed E-state index contributed by atoms with van der Waals surface area (Å²) in [6.45, 7) is -0.498. The minimum Gasteiger partial charge on any atom is -0.495 e. The summed E-state index contributed by atoms with van der Waals surface area (Å²) in [5, 5.41) is 3.94. The van der Waals surface area contributed by atoms with Crippen LogP contribution in [0.15, 0.2) is 47.6 Å². The van der Waals surface area contributed by atoms with Gasteiger partial charge >= 0.3 is 0 Å². The van der Waals surface area contributed by atoms with Gasteiger partial charge in [-0.3, -0.25) is 9.10 Å². The SMILES string of the molecule is COc1ccc(N(CC(=O)N/N=C\c2ccc(F)cc2)S(C)(=O)=O)cc1Cl. The summed E-state index contributed by atoms with van der Waals surface area (Å²) in [5.74, 6) is -0.675. The molecule has 0 heterocycles. The Bertz CT molecular complexity index is 949. The van der Waals surface area contributed by atoms with Gasteiger partial charge in [0.15, 0.2) is 0 Å². The summed E-state index contributed by atoms with van der Waals surface area (Å²) >= 11 is 6.03. The number of carbonyl (C=O) groups is 1. The van der Waals surface area contributed by atoms with E-state index in [-0.39, 0.29) is 10.7 Å². The van der Waals surface area contributed by atoms with Crippen molar-refractivity contribution in [3.05, 3.63) is 58.9 Å². The molecule has 0 unspecified atom stereocenters. The Morgan fingerprint density at radius 2 is 1.96 bits per heavy atom. The zero-order valence-corrected chi connectivity index (χ0v) is 16.1. The number of anilines is 1. The van der Waals surface area contributed by atoms with E-state index < -0.39 is 28.3 Å². The number of halogens is 2. The van der Waals surface area contributed by atoms with Gasteiger partial charge in [0.25, 0.3) is 5.91 Å². The van der Waals surface area contributed by atoms with E-state index in [0.29, 0.717) is 11.3 Å². The fourth-order valence-electron chi connectivity index (χ4n) is 2.10. The van der Waals surface area contributed by atoms with E-state index in [9.17, 15) is 17.6 Å². The van der Waals surface area contributed by atoms with Gasteiger partial charge < -0.3 is 4.74 Å². The van der Waals surface area contributed by atoms with E-state index in [1.54, 1.807) is 0 Å². The Kier molecular flexibility index (Phi) is 6.75. The summed E-state index contributed by atoms with van der Waals surface area (Å²) in [4.78, 5) is 12.1. The first-order valence-corrected chi connectivity index (χ1v) is 9.82. The molecule has 0 aliphatic carbocycles. The molecule has 27 heavy (non-hydrogen) atoms. The second-order valence-electron chi connectivity index (χ2n) is 5.43. The third-order valence-electron chi connectivity index (χ3n) is 3.38. The van der Waals surface area contributed by atoms with E-state index in [1.165, 1.54) is 55.8 Å². The Labute approximate surface area is 161 Å². The molecule has 0 saturated heterocycles. The molecule has 0 fully saturated rings. The molecular weight excluding hydrogens is 397 g/mol. The highest BCUT2D eigenvalue weighted by atomic mass is 35.5. The summed E-state index contributed by atoms with van der Waals surface area (Å²) in [5.41, 5.74) is 3.01. The molecule has 0 aromatic heterocycles. The van der Waals surface area contributed by atoms with Crippen molar-refractivity contribution in [2.45, 2.75) is 0 Å². The Morgan fingerprint density at radius 1 is 1.30 bits per heavy atom. The second-order valence-corrected chi connectivity index (χ2v) is 7.75. The number of ether oxygens (including phenoxy) is 1. The highest BCUT2D eigenvalue weighted by Gasteiger charge is 2.21.